The van der Waals surface area contributed by atoms with E-state index in [0.717, 1.165) is 16.7 Å². The van der Waals surface area contributed by atoms with E-state index in [-0.39, 0.29) is 13.0 Å². The second-order valence-electron chi connectivity index (χ2n) is 10.3. The van der Waals surface area contributed by atoms with Gasteiger partial charge in [0.05, 0.1) is 13.0 Å². The van der Waals surface area contributed by atoms with E-state index in [1.807, 2.05) is 72.8 Å². The summed E-state index contributed by atoms with van der Waals surface area (Å²) < 4.78 is 5.80. The van der Waals surface area contributed by atoms with Gasteiger partial charge in [-0.25, -0.2) is 4.79 Å². The molecule has 0 saturated heterocycles. The molecule has 4 rings (SSSR count). The quantitative estimate of drug-likeness (QED) is 0.198. The van der Waals surface area contributed by atoms with Crippen molar-refractivity contribution in [1.29, 1.82) is 0 Å². The Morgan fingerprint density at radius 1 is 0.902 bits per heavy atom. The number of nitrogens with zero attached hydrogens (tertiary/aromatic N) is 1. The van der Waals surface area contributed by atoms with Gasteiger partial charge in [0.2, 0.25) is 0 Å². The number of ether oxygens (including phenoxy) is 1. The maximum Gasteiger partial charge on any atom is 0.420 e. The van der Waals surface area contributed by atoms with Crippen molar-refractivity contribution in [2.45, 2.75) is 39.7 Å². The van der Waals surface area contributed by atoms with Gasteiger partial charge in [-0.2, -0.15) is 0 Å². The van der Waals surface area contributed by atoms with Gasteiger partial charge in [0.25, 0.3) is 0 Å². The van der Waals surface area contributed by atoms with Crippen LogP contribution in [0.4, 0.5) is 10.5 Å². The molecule has 210 valence electrons. The fraction of sp³-hybridized carbons (Fsp3) is 0.200. The Morgan fingerprint density at radius 3 is 2.17 bits per heavy atom. The summed E-state index contributed by atoms with van der Waals surface area (Å²) in [7, 11) is 0. The number of hydrogen-bond donors (Lipinski definition) is 2. The van der Waals surface area contributed by atoms with Gasteiger partial charge in [0.15, 0.2) is 0 Å². The molecule has 0 aliphatic rings. The van der Waals surface area contributed by atoms with Crippen LogP contribution in [0.15, 0.2) is 104 Å². The number of amides is 1. The largest absolute Gasteiger partial charge is 0.481 e. The van der Waals surface area contributed by atoms with Gasteiger partial charge in [-0.05, 0) is 70.5 Å². The number of aliphatic carboxylic acids is 1. The Morgan fingerprint density at radius 2 is 1.56 bits per heavy atom. The van der Waals surface area contributed by atoms with Crippen LogP contribution >= 0.6 is 0 Å². The fourth-order valence-corrected chi connectivity index (χ4v) is 4.47. The molecule has 6 heteroatoms. The number of carboxylic acid groups (broad SMARTS) is 1. The molecular formula is C35H36N2O4. The first-order chi connectivity index (χ1) is 19.7. The summed E-state index contributed by atoms with van der Waals surface area (Å²) >= 11 is 0. The number of benzene rings is 4. The molecule has 4 aromatic carbocycles. The van der Waals surface area contributed by atoms with Crippen molar-refractivity contribution >= 4 is 23.4 Å². The summed E-state index contributed by atoms with van der Waals surface area (Å²) in [4.78, 5) is 25.9. The van der Waals surface area contributed by atoms with Crippen molar-refractivity contribution in [1.82, 2.24) is 5.32 Å². The van der Waals surface area contributed by atoms with Crippen LogP contribution in [0, 0.1) is 6.92 Å². The first-order valence-corrected chi connectivity index (χ1v) is 13.7. The number of carboxylic acids is 1. The van der Waals surface area contributed by atoms with Crippen molar-refractivity contribution in [2.24, 2.45) is 0 Å². The average molecular weight is 549 g/mol. The van der Waals surface area contributed by atoms with E-state index in [9.17, 15) is 9.59 Å². The van der Waals surface area contributed by atoms with Gasteiger partial charge < -0.3 is 15.2 Å². The molecule has 4 aromatic rings. The number of nitrogens with one attached hydrogen (secondary N) is 1. The standard InChI is InChI=1S/C35H36N2O4/c1-24(2)28-15-19-32(20-16-28)41-35(40)37(31-17-13-29(14-18-31)26(4)36-22-21-34(38)39)23-27-9-11-30(12-10-27)33-8-6-5-7-25(33)3/h5-20,24,36H,4,21-23H2,1-3H3,(H,38,39). The topological polar surface area (TPSA) is 78.9 Å². The number of carbonyl (C=O) groups excluding carboxylic acids is 1. The van der Waals surface area contributed by atoms with Crippen LogP contribution in [0.25, 0.3) is 16.8 Å². The first kappa shape index (κ1) is 29.2. The van der Waals surface area contributed by atoms with Crippen LogP contribution in [0.1, 0.15) is 48.4 Å². The minimum atomic E-state index is -0.874. The molecule has 1 amide bonds. The predicted molar refractivity (Wildman–Crippen MR) is 165 cm³/mol. The lowest BCUT2D eigenvalue weighted by Gasteiger charge is -2.23. The first-order valence-electron chi connectivity index (χ1n) is 13.7. The molecule has 0 aliphatic heterocycles. The zero-order chi connectivity index (χ0) is 29.4. The SMILES string of the molecule is C=C(NCCC(=O)O)c1ccc(N(Cc2ccc(-c3ccccc3C)cc2)C(=O)Oc2ccc(C(C)C)cc2)cc1. The molecule has 41 heavy (non-hydrogen) atoms. The Balaban J connectivity index is 1.56. The summed E-state index contributed by atoms with van der Waals surface area (Å²) in [6.07, 6.45) is -0.492. The number of rotatable bonds is 11. The van der Waals surface area contributed by atoms with E-state index in [0.29, 0.717) is 29.6 Å². The third-order valence-electron chi connectivity index (χ3n) is 6.93. The van der Waals surface area contributed by atoms with Gasteiger partial charge in [-0.15, -0.1) is 0 Å². The molecule has 0 atom stereocenters. The lowest BCUT2D eigenvalue weighted by Crippen LogP contribution is -2.33. The summed E-state index contributed by atoms with van der Waals surface area (Å²) in [5.74, 6) is -0.0155. The fourth-order valence-electron chi connectivity index (χ4n) is 4.47. The van der Waals surface area contributed by atoms with Crippen LogP contribution in [0.5, 0.6) is 5.75 Å². The molecule has 0 aromatic heterocycles. The smallest absolute Gasteiger partial charge is 0.420 e. The van der Waals surface area contributed by atoms with Crippen LogP contribution < -0.4 is 15.0 Å². The normalized spacial score (nSPS) is 10.7. The summed E-state index contributed by atoms with van der Waals surface area (Å²) in [5.41, 5.74) is 7.70. The van der Waals surface area contributed by atoms with E-state index in [1.54, 1.807) is 4.90 Å². The summed E-state index contributed by atoms with van der Waals surface area (Å²) in [5, 5.41) is 11.9. The van der Waals surface area contributed by atoms with E-state index in [2.05, 4.69) is 56.9 Å². The Hall–Kier alpha value is -4.84. The van der Waals surface area contributed by atoms with E-state index < -0.39 is 12.1 Å². The van der Waals surface area contributed by atoms with Gasteiger partial charge in [0.1, 0.15) is 5.75 Å². The van der Waals surface area contributed by atoms with Crippen LogP contribution in [-0.2, 0) is 11.3 Å². The Labute approximate surface area is 241 Å². The zero-order valence-electron chi connectivity index (χ0n) is 23.8. The van der Waals surface area contributed by atoms with Gasteiger partial charge in [-0.1, -0.05) is 93.2 Å². The predicted octanol–water partition coefficient (Wildman–Crippen LogP) is 8.03. The molecule has 2 N–H and O–H groups in total. The van der Waals surface area contributed by atoms with Crippen molar-refractivity contribution in [3.05, 3.63) is 126 Å². The number of anilines is 1. The Kier molecular flexibility index (Phi) is 9.59. The van der Waals surface area contributed by atoms with E-state index >= 15 is 0 Å². The molecule has 0 spiro atoms. The molecule has 6 nitrogen and oxygen atoms in total. The summed E-state index contributed by atoms with van der Waals surface area (Å²) in [6.45, 7) is 10.9. The zero-order valence-corrected chi connectivity index (χ0v) is 23.8. The second-order valence-corrected chi connectivity index (χ2v) is 10.3. The number of hydrogen-bond acceptors (Lipinski definition) is 4. The molecule has 0 bridgehead atoms. The lowest BCUT2D eigenvalue weighted by atomic mass is 9.99. The highest BCUT2D eigenvalue weighted by atomic mass is 16.6. The van der Waals surface area contributed by atoms with Gasteiger partial charge in [-0.3, -0.25) is 9.69 Å². The van der Waals surface area contributed by atoms with Crippen molar-refractivity contribution < 1.29 is 19.4 Å². The second kappa shape index (κ2) is 13.5. The van der Waals surface area contributed by atoms with Crippen LogP contribution in [0.2, 0.25) is 0 Å². The molecule has 0 radical (unpaired) electrons. The highest BCUT2D eigenvalue weighted by Gasteiger charge is 2.19. The number of aryl methyl sites for hydroxylation is 1. The van der Waals surface area contributed by atoms with E-state index in [1.165, 1.54) is 16.7 Å². The minimum absolute atomic E-state index is 0.00248. The van der Waals surface area contributed by atoms with Crippen molar-refractivity contribution in [3.63, 3.8) is 0 Å². The monoisotopic (exact) mass is 548 g/mol. The molecule has 0 heterocycles. The number of carbonyl (C=O) groups is 2. The third-order valence-corrected chi connectivity index (χ3v) is 6.93. The summed E-state index contributed by atoms with van der Waals surface area (Å²) in [6, 6.07) is 31.4. The third kappa shape index (κ3) is 7.85. The average Bonchev–Trinajstić information content (AvgIpc) is 2.96. The Bertz CT molecular complexity index is 1490. The maximum atomic E-state index is 13.5. The molecular weight excluding hydrogens is 512 g/mol. The van der Waals surface area contributed by atoms with Crippen molar-refractivity contribution in [2.75, 3.05) is 11.4 Å². The van der Waals surface area contributed by atoms with Gasteiger partial charge in [0, 0.05) is 17.9 Å². The highest BCUT2D eigenvalue weighted by molar-refractivity contribution is 5.89. The van der Waals surface area contributed by atoms with Crippen LogP contribution in [0.3, 0.4) is 0 Å². The van der Waals surface area contributed by atoms with Gasteiger partial charge >= 0.3 is 12.1 Å². The highest BCUT2D eigenvalue weighted by Crippen LogP contribution is 2.26. The maximum absolute atomic E-state index is 13.5. The lowest BCUT2D eigenvalue weighted by molar-refractivity contribution is -0.136. The van der Waals surface area contributed by atoms with Crippen molar-refractivity contribution in [3.8, 4) is 16.9 Å². The molecule has 0 unspecified atom stereocenters. The van der Waals surface area contributed by atoms with Crippen LogP contribution in [-0.4, -0.2) is 23.7 Å². The molecule has 0 fully saturated rings. The van der Waals surface area contributed by atoms with E-state index in [4.69, 9.17) is 9.84 Å². The molecule has 0 saturated carbocycles. The molecule has 0 aliphatic carbocycles. The minimum Gasteiger partial charge on any atom is -0.481 e.